The van der Waals surface area contributed by atoms with Gasteiger partial charge in [0.1, 0.15) is 6.17 Å². The molecule has 2 aromatic rings. The first kappa shape index (κ1) is 26.4. The molecule has 1 atom stereocenters. The van der Waals surface area contributed by atoms with Crippen LogP contribution in [0.2, 0.25) is 0 Å². The monoisotopic (exact) mass is 548 g/mol. The number of hydrogen-bond acceptors (Lipinski definition) is 4. The van der Waals surface area contributed by atoms with Gasteiger partial charge in [-0.05, 0) is 60.7 Å². The molecule has 0 spiro atoms. The highest BCUT2D eigenvalue weighted by atomic mass is 35.6. The maximum absolute atomic E-state index is 12.7. The van der Waals surface area contributed by atoms with Gasteiger partial charge in [0.05, 0.1) is 10.5 Å². The Morgan fingerprint density at radius 2 is 1.50 bits per heavy atom. The maximum atomic E-state index is 12.7. The van der Waals surface area contributed by atoms with E-state index in [0.29, 0.717) is 5.69 Å². The molecule has 2 aromatic carbocycles. The van der Waals surface area contributed by atoms with Gasteiger partial charge in [-0.3, -0.25) is 4.79 Å². The summed E-state index contributed by atoms with van der Waals surface area (Å²) in [6.45, 7) is 0. The number of rotatable bonds is 5. The van der Waals surface area contributed by atoms with Gasteiger partial charge in [-0.15, -0.1) is 0 Å². The Morgan fingerprint density at radius 1 is 0.969 bits per heavy atom. The average molecular weight is 550 g/mol. The highest BCUT2D eigenvalue weighted by Gasteiger charge is 2.35. The summed E-state index contributed by atoms with van der Waals surface area (Å²) in [5.74, 6) is -0.831. The van der Waals surface area contributed by atoms with Crippen molar-refractivity contribution in [2.75, 3.05) is 5.32 Å². The lowest BCUT2D eigenvalue weighted by Crippen LogP contribution is -2.56. The van der Waals surface area contributed by atoms with Crippen molar-refractivity contribution < 1.29 is 26.4 Å². The van der Waals surface area contributed by atoms with Crippen molar-refractivity contribution in [3.63, 3.8) is 0 Å². The molecule has 2 rings (SSSR count). The van der Waals surface area contributed by atoms with Gasteiger partial charge in [-0.1, -0.05) is 34.8 Å². The number of anilines is 1. The van der Waals surface area contributed by atoms with Crippen LogP contribution in [0.5, 0.6) is 0 Å². The van der Waals surface area contributed by atoms with Crippen LogP contribution in [0.1, 0.15) is 15.9 Å². The summed E-state index contributed by atoms with van der Waals surface area (Å²) < 4.78 is 58.5. The molecule has 0 aliphatic carbocycles. The minimum absolute atomic E-state index is 0.114. The molecule has 5 N–H and O–H groups in total. The minimum atomic E-state index is -4.55. The quantitative estimate of drug-likeness (QED) is 0.257. The topological polar surface area (TPSA) is 113 Å². The lowest BCUT2D eigenvalue weighted by atomic mass is 10.1. The minimum Gasteiger partial charge on any atom is -0.339 e. The molecule has 0 saturated carbocycles. The molecule has 0 aliphatic heterocycles. The first-order valence-electron chi connectivity index (χ1n) is 8.32. The molecule has 32 heavy (non-hydrogen) atoms. The van der Waals surface area contributed by atoms with Crippen molar-refractivity contribution in [3.8, 4) is 0 Å². The zero-order chi connectivity index (χ0) is 24.3. The molecule has 15 heteroatoms. The second kappa shape index (κ2) is 9.98. The fourth-order valence-corrected chi connectivity index (χ4v) is 3.33. The van der Waals surface area contributed by atoms with Gasteiger partial charge in [0.2, 0.25) is 13.8 Å². The Morgan fingerprint density at radius 3 is 1.94 bits per heavy atom. The summed E-state index contributed by atoms with van der Waals surface area (Å²) in [7, 11) is -3.88. The maximum Gasteiger partial charge on any atom is 0.416 e. The first-order chi connectivity index (χ1) is 14.6. The van der Waals surface area contributed by atoms with Crippen LogP contribution in [0.3, 0.4) is 0 Å². The molecule has 0 bridgehead atoms. The predicted octanol–water partition coefficient (Wildman–Crippen LogP) is 3.77. The molecular weight excluding hydrogens is 536 g/mol. The second-order valence-electron chi connectivity index (χ2n) is 6.19. The number of benzene rings is 2. The Balaban J connectivity index is 2.08. The molecular formula is C17H14Cl3F3N4O3S2. The van der Waals surface area contributed by atoms with Crippen molar-refractivity contribution >= 4 is 73.8 Å². The number of alkyl halides is 6. The van der Waals surface area contributed by atoms with E-state index in [0.717, 1.165) is 24.3 Å². The number of hydrogen-bond donors (Lipinski definition) is 4. The predicted molar refractivity (Wildman–Crippen MR) is 120 cm³/mol. The number of halogens is 6. The van der Waals surface area contributed by atoms with Gasteiger partial charge in [-0.2, -0.15) is 13.2 Å². The molecule has 0 heterocycles. The summed E-state index contributed by atoms with van der Waals surface area (Å²) in [6, 6.07) is 8.64. The van der Waals surface area contributed by atoms with Crippen LogP contribution in [-0.4, -0.2) is 29.4 Å². The summed E-state index contributed by atoms with van der Waals surface area (Å²) in [6.07, 6.45) is -5.94. The van der Waals surface area contributed by atoms with E-state index >= 15 is 0 Å². The van der Waals surface area contributed by atoms with Crippen LogP contribution >= 0.6 is 47.0 Å². The third-order valence-corrected chi connectivity index (χ3v) is 5.60. The molecule has 1 amide bonds. The average Bonchev–Trinajstić information content (AvgIpc) is 2.65. The van der Waals surface area contributed by atoms with Gasteiger partial charge in [0, 0.05) is 11.3 Å². The fraction of sp³-hybridized carbons (Fsp3) is 0.176. The van der Waals surface area contributed by atoms with E-state index in [1.807, 2.05) is 0 Å². The first-order valence-corrected chi connectivity index (χ1v) is 11.4. The second-order valence-corrected chi connectivity index (χ2v) is 10.5. The number of thiocarbonyl (C=S) groups is 1. The summed E-state index contributed by atoms with van der Waals surface area (Å²) in [5, 5.41) is 12.5. The van der Waals surface area contributed by atoms with Crippen molar-refractivity contribution in [2.45, 2.75) is 21.0 Å². The van der Waals surface area contributed by atoms with Crippen LogP contribution in [0.15, 0.2) is 53.4 Å². The van der Waals surface area contributed by atoms with E-state index in [9.17, 15) is 26.4 Å². The summed E-state index contributed by atoms with van der Waals surface area (Å²) in [4.78, 5) is 12.3. The Hall–Kier alpha value is -1.83. The number of amides is 1. The van der Waals surface area contributed by atoms with E-state index < -0.39 is 37.6 Å². The van der Waals surface area contributed by atoms with Gasteiger partial charge in [0.15, 0.2) is 5.11 Å². The number of sulfonamides is 1. The molecule has 0 aromatic heterocycles. The Kier molecular flexibility index (Phi) is 8.24. The highest BCUT2D eigenvalue weighted by molar-refractivity contribution is 7.89. The largest absolute Gasteiger partial charge is 0.416 e. The summed E-state index contributed by atoms with van der Waals surface area (Å²) >= 11 is 22.7. The molecule has 0 unspecified atom stereocenters. The Bertz CT molecular complexity index is 1090. The van der Waals surface area contributed by atoms with E-state index in [2.05, 4.69) is 16.0 Å². The van der Waals surface area contributed by atoms with Crippen LogP contribution in [0, 0.1) is 0 Å². The number of nitrogens with two attached hydrogens (primary N) is 1. The number of nitrogens with one attached hydrogen (secondary N) is 3. The normalized spacial score (nSPS) is 13.2. The molecule has 0 saturated heterocycles. The number of carbonyl (C=O) groups is 1. The van der Waals surface area contributed by atoms with Crippen molar-refractivity contribution in [2.24, 2.45) is 5.14 Å². The smallest absolute Gasteiger partial charge is 0.339 e. The van der Waals surface area contributed by atoms with Gasteiger partial charge in [-0.25, -0.2) is 13.6 Å². The van der Waals surface area contributed by atoms with Crippen LogP contribution < -0.4 is 21.1 Å². The lowest BCUT2D eigenvalue weighted by Gasteiger charge is -2.27. The third-order valence-electron chi connectivity index (χ3n) is 3.79. The van der Waals surface area contributed by atoms with Gasteiger partial charge < -0.3 is 16.0 Å². The van der Waals surface area contributed by atoms with Gasteiger partial charge in [0.25, 0.3) is 5.91 Å². The number of carbonyl (C=O) groups excluding carboxylic acids is 1. The van der Waals surface area contributed by atoms with E-state index in [-0.39, 0.29) is 15.6 Å². The van der Waals surface area contributed by atoms with Gasteiger partial charge >= 0.3 is 6.18 Å². The van der Waals surface area contributed by atoms with E-state index in [1.54, 1.807) is 0 Å². The van der Waals surface area contributed by atoms with Crippen LogP contribution in [-0.2, 0) is 16.2 Å². The van der Waals surface area contributed by atoms with Crippen LogP contribution in [0.25, 0.3) is 0 Å². The molecule has 0 fully saturated rings. The van der Waals surface area contributed by atoms with Crippen molar-refractivity contribution in [1.29, 1.82) is 0 Å². The van der Waals surface area contributed by atoms with E-state index in [1.165, 1.54) is 24.3 Å². The van der Waals surface area contributed by atoms with Crippen molar-refractivity contribution in [3.05, 3.63) is 59.7 Å². The molecule has 0 radical (unpaired) electrons. The zero-order valence-corrected chi connectivity index (χ0v) is 19.5. The van der Waals surface area contributed by atoms with Crippen LogP contribution in [0.4, 0.5) is 18.9 Å². The number of primary sulfonamides is 1. The molecule has 0 aliphatic rings. The third kappa shape index (κ3) is 7.64. The summed E-state index contributed by atoms with van der Waals surface area (Å²) in [5.41, 5.74) is -0.688. The van der Waals surface area contributed by atoms with E-state index in [4.69, 9.17) is 52.2 Å². The molecule has 7 nitrogen and oxygen atoms in total. The fourth-order valence-electron chi connectivity index (χ4n) is 2.25. The Labute approximate surface area is 201 Å². The SMILES string of the molecule is NS(=O)(=O)c1ccc(NC(=S)N[C@@H](NC(=O)c2ccc(C(F)(F)F)cc2)C(Cl)(Cl)Cl)cc1. The van der Waals surface area contributed by atoms with Crippen molar-refractivity contribution in [1.82, 2.24) is 10.6 Å². The lowest BCUT2D eigenvalue weighted by molar-refractivity contribution is -0.137. The molecule has 174 valence electrons. The zero-order valence-electron chi connectivity index (χ0n) is 15.6. The highest BCUT2D eigenvalue weighted by Crippen LogP contribution is 2.30. The standard InChI is InChI=1S/C17H14Cl3F3N4O3S2/c18-16(19,20)14(26-13(28)9-1-3-10(4-2-9)17(21,22)23)27-15(31)25-11-5-7-12(8-6-11)32(24,29)30/h1-8,14H,(H,26,28)(H2,24,29,30)(H2,25,27,31)/t14-/m1/s1.